The highest BCUT2D eigenvalue weighted by Gasteiger charge is 2.20. The molecule has 2 rings (SSSR count). The third kappa shape index (κ3) is 3.72. The van der Waals surface area contributed by atoms with Gasteiger partial charge in [-0.3, -0.25) is 4.72 Å². The van der Waals surface area contributed by atoms with Gasteiger partial charge in [0.2, 0.25) is 0 Å². The first-order valence-electron chi connectivity index (χ1n) is 6.14. The largest absolute Gasteiger partial charge is 0.497 e. The molecule has 2 aromatic carbocycles. The topological polar surface area (TPSA) is 92.7 Å². The molecule has 0 saturated carbocycles. The van der Waals surface area contributed by atoms with Crippen molar-refractivity contribution in [1.82, 2.24) is 0 Å². The lowest BCUT2D eigenvalue weighted by atomic mass is 10.2. The molecule has 23 heavy (non-hydrogen) atoms. The molecule has 0 fully saturated rings. The number of rotatable bonds is 5. The van der Waals surface area contributed by atoms with Crippen LogP contribution in [0.4, 0.5) is 10.1 Å². The summed E-state index contributed by atoms with van der Waals surface area (Å²) in [5, 5.41) is 8.66. The maximum atomic E-state index is 13.5. The molecule has 0 aliphatic heterocycles. The minimum atomic E-state index is -4.10. The second-order valence-corrected chi connectivity index (χ2v) is 6.49. The molecule has 0 unspecified atom stereocenters. The number of nitrogens with one attached hydrogen (secondary N) is 1. The zero-order valence-electron chi connectivity index (χ0n) is 11.7. The van der Waals surface area contributed by atoms with Gasteiger partial charge in [-0.05, 0) is 30.3 Å². The zero-order chi connectivity index (χ0) is 17.2. The van der Waals surface area contributed by atoms with E-state index in [2.05, 4.69) is 0 Å². The number of halogens is 2. The van der Waals surface area contributed by atoms with E-state index in [4.69, 9.17) is 21.4 Å². The van der Waals surface area contributed by atoms with Crippen molar-refractivity contribution in [3.05, 3.63) is 52.8 Å². The molecule has 6 nitrogen and oxygen atoms in total. The number of hydrogen-bond acceptors (Lipinski definition) is 4. The molecular weight excluding hydrogens is 349 g/mol. The zero-order valence-corrected chi connectivity index (χ0v) is 13.3. The predicted molar refractivity (Wildman–Crippen MR) is 82.2 cm³/mol. The van der Waals surface area contributed by atoms with Gasteiger partial charge in [0.05, 0.1) is 28.3 Å². The van der Waals surface area contributed by atoms with Crippen molar-refractivity contribution in [3.8, 4) is 5.75 Å². The fourth-order valence-corrected chi connectivity index (χ4v) is 3.00. The summed E-state index contributed by atoms with van der Waals surface area (Å²) in [4.78, 5) is 11.0. The van der Waals surface area contributed by atoms with E-state index in [1.54, 1.807) is 0 Å². The number of methoxy groups -OCH3 is 1. The van der Waals surface area contributed by atoms with E-state index in [1.165, 1.54) is 31.4 Å². The van der Waals surface area contributed by atoms with Crippen LogP contribution in [0.25, 0.3) is 0 Å². The molecule has 9 heteroatoms. The van der Waals surface area contributed by atoms with Crippen LogP contribution in [0.3, 0.4) is 0 Å². The predicted octanol–water partition coefficient (Wildman–Crippen LogP) is 2.99. The molecule has 0 radical (unpaired) electrons. The van der Waals surface area contributed by atoms with Gasteiger partial charge in [0.15, 0.2) is 0 Å². The Morgan fingerprint density at radius 1 is 1.26 bits per heavy atom. The van der Waals surface area contributed by atoms with Crippen molar-refractivity contribution in [1.29, 1.82) is 0 Å². The van der Waals surface area contributed by atoms with E-state index in [1.807, 2.05) is 4.72 Å². The molecule has 2 N–H and O–H groups in total. The van der Waals surface area contributed by atoms with Gasteiger partial charge < -0.3 is 9.84 Å². The average molecular weight is 360 g/mol. The molecule has 122 valence electrons. The normalized spacial score (nSPS) is 11.1. The third-order valence-corrected chi connectivity index (χ3v) is 4.58. The quantitative estimate of drug-likeness (QED) is 0.856. The van der Waals surface area contributed by atoms with Gasteiger partial charge in [-0.2, -0.15) is 0 Å². The number of carboxylic acids is 1. The lowest BCUT2D eigenvalue weighted by molar-refractivity contribution is 0.0698. The molecule has 0 aliphatic rings. The molecule has 0 aliphatic carbocycles. The van der Waals surface area contributed by atoms with Crippen LogP contribution >= 0.6 is 11.6 Å². The van der Waals surface area contributed by atoms with Gasteiger partial charge in [0.25, 0.3) is 10.0 Å². The third-order valence-electron chi connectivity index (χ3n) is 2.90. The molecule has 0 heterocycles. The number of carboxylic acid groups (broad SMARTS) is 1. The van der Waals surface area contributed by atoms with E-state index in [-0.39, 0.29) is 4.90 Å². The van der Waals surface area contributed by atoms with Crippen LogP contribution in [0.5, 0.6) is 5.75 Å². The molecular formula is C14H11ClFNO5S. The van der Waals surface area contributed by atoms with Crippen molar-refractivity contribution in [2.45, 2.75) is 4.90 Å². The monoisotopic (exact) mass is 359 g/mol. The maximum Gasteiger partial charge on any atom is 0.337 e. The van der Waals surface area contributed by atoms with Crippen molar-refractivity contribution < 1.29 is 27.4 Å². The summed E-state index contributed by atoms with van der Waals surface area (Å²) in [6.07, 6.45) is 0. The van der Waals surface area contributed by atoms with Gasteiger partial charge in [0, 0.05) is 6.07 Å². The first kappa shape index (κ1) is 17.0. The molecule has 0 aromatic heterocycles. The lowest BCUT2D eigenvalue weighted by Crippen LogP contribution is -2.16. The standard InChI is InChI=1S/C14H11ClFNO5S/c1-22-8-2-4-9(5-3-8)23(20,21)17-13-7-12(16)11(15)6-10(13)14(18)19/h2-7,17H,1H3,(H,18,19). The Kier molecular flexibility index (Phi) is 4.76. The van der Waals surface area contributed by atoms with Crippen LogP contribution in [-0.2, 0) is 10.0 Å². The highest BCUT2D eigenvalue weighted by atomic mass is 35.5. The highest BCUT2D eigenvalue weighted by Crippen LogP contribution is 2.27. The van der Waals surface area contributed by atoms with Gasteiger partial charge in [-0.1, -0.05) is 11.6 Å². The number of hydrogen-bond donors (Lipinski definition) is 2. The Balaban J connectivity index is 2.44. The van der Waals surface area contributed by atoms with E-state index in [0.29, 0.717) is 11.8 Å². The number of ether oxygens (including phenoxy) is 1. The summed E-state index contributed by atoms with van der Waals surface area (Å²) in [6, 6.07) is 6.95. The van der Waals surface area contributed by atoms with Crippen LogP contribution in [0, 0.1) is 5.82 Å². The lowest BCUT2D eigenvalue weighted by Gasteiger charge is -2.12. The van der Waals surface area contributed by atoms with Crippen LogP contribution in [0.1, 0.15) is 10.4 Å². The molecule has 0 amide bonds. The number of benzene rings is 2. The number of carbonyl (C=O) groups is 1. The first-order valence-corrected chi connectivity index (χ1v) is 8.00. The van der Waals surface area contributed by atoms with Crippen LogP contribution < -0.4 is 9.46 Å². The highest BCUT2D eigenvalue weighted by molar-refractivity contribution is 7.92. The average Bonchev–Trinajstić information content (AvgIpc) is 2.50. The number of aromatic carboxylic acids is 1. The van der Waals surface area contributed by atoms with Gasteiger partial charge in [-0.25, -0.2) is 17.6 Å². The Morgan fingerprint density at radius 2 is 1.87 bits per heavy atom. The Hall–Kier alpha value is -2.32. The van der Waals surface area contributed by atoms with E-state index < -0.39 is 38.1 Å². The first-order chi connectivity index (χ1) is 10.7. The van der Waals surface area contributed by atoms with Crippen molar-refractivity contribution in [2.24, 2.45) is 0 Å². The van der Waals surface area contributed by atoms with Crippen molar-refractivity contribution in [3.63, 3.8) is 0 Å². The molecule has 0 spiro atoms. The van der Waals surface area contributed by atoms with E-state index in [0.717, 1.165) is 6.07 Å². The fraction of sp³-hybridized carbons (Fsp3) is 0.0714. The van der Waals surface area contributed by atoms with Crippen molar-refractivity contribution in [2.75, 3.05) is 11.8 Å². The number of anilines is 1. The van der Waals surface area contributed by atoms with Gasteiger partial charge in [0.1, 0.15) is 11.6 Å². The fourth-order valence-electron chi connectivity index (χ4n) is 1.77. The second-order valence-electron chi connectivity index (χ2n) is 4.40. The Morgan fingerprint density at radius 3 is 2.39 bits per heavy atom. The van der Waals surface area contributed by atoms with Crippen LogP contribution in [-0.4, -0.2) is 26.6 Å². The second kappa shape index (κ2) is 6.43. The summed E-state index contributed by atoms with van der Waals surface area (Å²) in [5.41, 5.74) is -0.885. The summed E-state index contributed by atoms with van der Waals surface area (Å²) < 4.78 is 45.0. The van der Waals surface area contributed by atoms with E-state index in [9.17, 15) is 17.6 Å². The minimum Gasteiger partial charge on any atom is -0.497 e. The summed E-state index contributed by atoms with van der Waals surface area (Å²) in [5.74, 6) is -1.93. The summed E-state index contributed by atoms with van der Waals surface area (Å²) >= 11 is 5.52. The molecule has 2 aromatic rings. The Bertz CT molecular complexity index is 852. The van der Waals surface area contributed by atoms with Crippen LogP contribution in [0.2, 0.25) is 5.02 Å². The van der Waals surface area contributed by atoms with E-state index >= 15 is 0 Å². The van der Waals surface area contributed by atoms with Crippen LogP contribution in [0.15, 0.2) is 41.3 Å². The Labute approximate surface area is 136 Å². The molecule has 0 atom stereocenters. The van der Waals surface area contributed by atoms with Gasteiger partial charge in [-0.15, -0.1) is 0 Å². The molecule has 0 bridgehead atoms. The summed E-state index contributed by atoms with van der Waals surface area (Å²) in [7, 11) is -2.67. The molecule has 0 saturated heterocycles. The van der Waals surface area contributed by atoms with Gasteiger partial charge >= 0.3 is 5.97 Å². The number of sulfonamides is 1. The summed E-state index contributed by atoms with van der Waals surface area (Å²) in [6.45, 7) is 0. The van der Waals surface area contributed by atoms with Crippen molar-refractivity contribution >= 4 is 33.3 Å². The minimum absolute atomic E-state index is 0.134. The SMILES string of the molecule is COc1ccc(S(=O)(=O)Nc2cc(F)c(Cl)cc2C(=O)O)cc1. The smallest absolute Gasteiger partial charge is 0.337 e. The maximum absolute atomic E-state index is 13.5.